The van der Waals surface area contributed by atoms with E-state index in [-0.39, 0.29) is 11.9 Å². The second kappa shape index (κ2) is 7.28. The van der Waals surface area contributed by atoms with E-state index in [0.29, 0.717) is 6.04 Å². The van der Waals surface area contributed by atoms with E-state index in [2.05, 4.69) is 17.6 Å². The topological polar surface area (TPSA) is 41.1 Å². The van der Waals surface area contributed by atoms with Crippen molar-refractivity contribution in [3.8, 4) is 0 Å². The quantitative estimate of drug-likeness (QED) is 0.803. The van der Waals surface area contributed by atoms with E-state index in [1.54, 1.807) is 0 Å². The minimum Gasteiger partial charge on any atom is -0.352 e. The Balaban J connectivity index is 1.64. The van der Waals surface area contributed by atoms with Gasteiger partial charge in [-0.05, 0) is 51.0 Å². The Labute approximate surface area is 117 Å². The summed E-state index contributed by atoms with van der Waals surface area (Å²) < 4.78 is 0. The molecule has 2 rings (SSSR count). The fourth-order valence-corrected chi connectivity index (χ4v) is 3.52. The molecule has 0 aromatic rings. The molecule has 3 unspecified atom stereocenters. The van der Waals surface area contributed by atoms with Gasteiger partial charge in [0.15, 0.2) is 0 Å². The summed E-state index contributed by atoms with van der Waals surface area (Å²) in [4.78, 5) is 12.1. The van der Waals surface area contributed by atoms with Gasteiger partial charge < -0.3 is 10.6 Å². The Bertz CT molecular complexity index is 286. The molecule has 110 valence electrons. The van der Waals surface area contributed by atoms with Crippen molar-refractivity contribution in [1.29, 1.82) is 0 Å². The van der Waals surface area contributed by atoms with E-state index in [1.807, 2.05) is 6.92 Å². The average Bonchev–Trinajstić information content (AvgIpc) is 2.83. The SMILES string of the molecule is CC1CCC(CNC(C)C(=O)NC2CCCCC2)C1. The van der Waals surface area contributed by atoms with Gasteiger partial charge in [0.1, 0.15) is 0 Å². The lowest BCUT2D eigenvalue weighted by atomic mass is 9.95. The van der Waals surface area contributed by atoms with Gasteiger partial charge >= 0.3 is 0 Å². The molecule has 3 atom stereocenters. The predicted molar refractivity (Wildman–Crippen MR) is 79.0 cm³/mol. The molecule has 0 saturated heterocycles. The molecule has 0 bridgehead atoms. The molecular weight excluding hydrogens is 236 g/mol. The second-order valence-electron chi connectivity index (χ2n) is 6.76. The van der Waals surface area contributed by atoms with E-state index >= 15 is 0 Å². The maximum atomic E-state index is 12.1. The van der Waals surface area contributed by atoms with Crippen LogP contribution in [0.3, 0.4) is 0 Å². The van der Waals surface area contributed by atoms with Crippen LogP contribution in [0.25, 0.3) is 0 Å². The van der Waals surface area contributed by atoms with Gasteiger partial charge in [-0.15, -0.1) is 0 Å². The molecule has 0 radical (unpaired) electrons. The number of rotatable bonds is 5. The zero-order valence-corrected chi connectivity index (χ0v) is 12.6. The van der Waals surface area contributed by atoms with Gasteiger partial charge in [0.2, 0.25) is 5.91 Å². The number of hydrogen-bond donors (Lipinski definition) is 2. The Kier molecular flexibility index (Phi) is 5.68. The van der Waals surface area contributed by atoms with Crippen LogP contribution in [0.2, 0.25) is 0 Å². The van der Waals surface area contributed by atoms with Gasteiger partial charge in [0, 0.05) is 6.04 Å². The van der Waals surface area contributed by atoms with E-state index in [4.69, 9.17) is 0 Å². The number of amides is 1. The second-order valence-corrected chi connectivity index (χ2v) is 6.76. The highest BCUT2D eigenvalue weighted by Crippen LogP contribution is 2.29. The Hall–Kier alpha value is -0.570. The first-order chi connectivity index (χ1) is 9.15. The Morgan fingerprint density at radius 3 is 2.53 bits per heavy atom. The standard InChI is InChI=1S/C16H30N2O/c1-12-8-9-14(10-12)11-17-13(2)16(19)18-15-6-4-3-5-7-15/h12-15,17H,3-11H2,1-2H3,(H,18,19). The molecule has 0 spiro atoms. The van der Waals surface area contributed by atoms with Gasteiger partial charge in [-0.1, -0.05) is 32.6 Å². The largest absolute Gasteiger partial charge is 0.352 e. The number of hydrogen-bond acceptors (Lipinski definition) is 2. The van der Waals surface area contributed by atoms with Gasteiger partial charge in [0.05, 0.1) is 6.04 Å². The van der Waals surface area contributed by atoms with E-state index in [9.17, 15) is 4.79 Å². The van der Waals surface area contributed by atoms with Crippen LogP contribution in [0.4, 0.5) is 0 Å². The summed E-state index contributed by atoms with van der Waals surface area (Å²) in [5, 5.41) is 6.62. The Morgan fingerprint density at radius 1 is 1.16 bits per heavy atom. The summed E-state index contributed by atoms with van der Waals surface area (Å²) in [5.41, 5.74) is 0. The lowest BCUT2D eigenvalue weighted by Crippen LogP contribution is -2.47. The van der Waals surface area contributed by atoms with Crippen LogP contribution in [-0.2, 0) is 4.79 Å². The normalized spacial score (nSPS) is 30.2. The summed E-state index contributed by atoms with van der Waals surface area (Å²) in [6.07, 6.45) is 10.2. The molecule has 2 aliphatic carbocycles. The van der Waals surface area contributed by atoms with Crippen LogP contribution in [0, 0.1) is 11.8 Å². The molecule has 0 heterocycles. The molecule has 3 heteroatoms. The minimum absolute atomic E-state index is 0.0437. The third-order valence-electron chi connectivity index (χ3n) is 4.86. The Morgan fingerprint density at radius 2 is 1.89 bits per heavy atom. The first-order valence-electron chi connectivity index (χ1n) is 8.19. The molecule has 3 nitrogen and oxygen atoms in total. The molecule has 0 aromatic carbocycles. The van der Waals surface area contributed by atoms with Crippen LogP contribution in [0.5, 0.6) is 0 Å². The molecule has 0 aromatic heterocycles. The van der Waals surface area contributed by atoms with Crippen molar-refractivity contribution < 1.29 is 4.79 Å². The molecule has 2 N–H and O–H groups in total. The summed E-state index contributed by atoms with van der Waals surface area (Å²) >= 11 is 0. The van der Waals surface area contributed by atoms with E-state index < -0.39 is 0 Å². The summed E-state index contributed by atoms with van der Waals surface area (Å²) in [6.45, 7) is 5.33. The van der Waals surface area contributed by atoms with Gasteiger partial charge in [0.25, 0.3) is 0 Å². The smallest absolute Gasteiger partial charge is 0.237 e. The van der Waals surface area contributed by atoms with Crippen LogP contribution in [-0.4, -0.2) is 24.5 Å². The summed E-state index contributed by atoms with van der Waals surface area (Å²) in [7, 11) is 0. The molecule has 1 amide bonds. The highest BCUT2D eigenvalue weighted by atomic mass is 16.2. The fraction of sp³-hybridized carbons (Fsp3) is 0.938. The molecule has 0 aliphatic heterocycles. The summed E-state index contributed by atoms with van der Waals surface area (Å²) in [6, 6.07) is 0.384. The van der Waals surface area contributed by atoms with Crippen molar-refractivity contribution in [3.05, 3.63) is 0 Å². The van der Waals surface area contributed by atoms with Crippen molar-refractivity contribution in [3.63, 3.8) is 0 Å². The minimum atomic E-state index is -0.0437. The average molecular weight is 266 g/mol. The highest BCUT2D eigenvalue weighted by molar-refractivity contribution is 5.81. The predicted octanol–water partition coefficient (Wildman–Crippen LogP) is 2.85. The zero-order valence-electron chi connectivity index (χ0n) is 12.6. The van der Waals surface area contributed by atoms with Crippen LogP contribution in [0.1, 0.15) is 65.2 Å². The van der Waals surface area contributed by atoms with Crippen LogP contribution >= 0.6 is 0 Å². The van der Waals surface area contributed by atoms with Gasteiger partial charge in [-0.3, -0.25) is 4.79 Å². The molecule has 2 saturated carbocycles. The first-order valence-corrected chi connectivity index (χ1v) is 8.19. The first kappa shape index (κ1) is 14.8. The number of nitrogens with one attached hydrogen (secondary N) is 2. The molecule has 2 fully saturated rings. The maximum absolute atomic E-state index is 12.1. The van der Waals surface area contributed by atoms with Crippen molar-refractivity contribution in [2.45, 2.75) is 77.3 Å². The van der Waals surface area contributed by atoms with E-state index in [0.717, 1.165) is 18.4 Å². The highest BCUT2D eigenvalue weighted by Gasteiger charge is 2.23. The van der Waals surface area contributed by atoms with Crippen molar-refractivity contribution in [1.82, 2.24) is 10.6 Å². The van der Waals surface area contributed by atoms with Crippen molar-refractivity contribution in [2.75, 3.05) is 6.54 Å². The third kappa shape index (κ3) is 4.79. The summed E-state index contributed by atoms with van der Waals surface area (Å²) in [5.74, 6) is 1.84. The monoisotopic (exact) mass is 266 g/mol. The lowest BCUT2D eigenvalue weighted by molar-refractivity contribution is -0.123. The molecular formula is C16H30N2O. The van der Waals surface area contributed by atoms with E-state index in [1.165, 1.54) is 51.4 Å². The number of carbonyl (C=O) groups excluding carboxylic acids is 1. The third-order valence-corrected chi connectivity index (χ3v) is 4.86. The van der Waals surface area contributed by atoms with Crippen LogP contribution in [0.15, 0.2) is 0 Å². The number of carbonyl (C=O) groups is 1. The zero-order chi connectivity index (χ0) is 13.7. The lowest BCUT2D eigenvalue weighted by Gasteiger charge is -2.25. The molecule has 2 aliphatic rings. The maximum Gasteiger partial charge on any atom is 0.237 e. The van der Waals surface area contributed by atoms with Gasteiger partial charge in [-0.2, -0.15) is 0 Å². The van der Waals surface area contributed by atoms with Crippen LogP contribution < -0.4 is 10.6 Å². The van der Waals surface area contributed by atoms with Gasteiger partial charge in [-0.25, -0.2) is 0 Å². The van der Waals surface area contributed by atoms with Crippen molar-refractivity contribution >= 4 is 5.91 Å². The van der Waals surface area contributed by atoms with Crippen molar-refractivity contribution in [2.24, 2.45) is 11.8 Å². The fourth-order valence-electron chi connectivity index (χ4n) is 3.52. The molecule has 19 heavy (non-hydrogen) atoms.